The van der Waals surface area contributed by atoms with Gasteiger partial charge in [0.1, 0.15) is 11.3 Å². The minimum atomic E-state index is -0.0670. The number of carbonyl (C=O) groups is 1. The Balaban J connectivity index is 1.78. The van der Waals surface area contributed by atoms with Gasteiger partial charge in [-0.2, -0.15) is 0 Å². The molecule has 4 nitrogen and oxygen atoms in total. The van der Waals surface area contributed by atoms with Gasteiger partial charge >= 0.3 is 0 Å². The highest BCUT2D eigenvalue weighted by Crippen LogP contribution is 2.26. The van der Waals surface area contributed by atoms with E-state index in [2.05, 4.69) is 27.9 Å². The molecule has 5 heteroatoms. The Labute approximate surface area is 141 Å². The number of halogens is 1. The van der Waals surface area contributed by atoms with E-state index in [4.69, 9.17) is 9.15 Å². The molecule has 0 saturated heterocycles. The highest BCUT2D eigenvalue weighted by Gasteiger charge is 2.12. The third kappa shape index (κ3) is 3.09. The number of para-hydroxylation sites is 1. The van der Waals surface area contributed by atoms with Crippen LogP contribution < -0.4 is 10.1 Å². The molecule has 0 aliphatic rings. The van der Waals surface area contributed by atoms with Crippen LogP contribution in [0.3, 0.4) is 0 Å². The first-order valence-corrected chi connectivity index (χ1v) is 7.84. The third-order valence-corrected chi connectivity index (χ3v) is 4.30. The fourth-order valence-electron chi connectivity index (χ4n) is 2.26. The van der Waals surface area contributed by atoms with Gasteiger partial charge in [-0.15, -0.1) is 0 Å². The Morgan fingerprint density at radius 1 is 1.27 bits per heavy atom. The van der Waals surface area contributed by atoms with Gasteiger partial charge in [-0.25, -0.2) is 0 Å². The molecule has 0 aliphatic carbocycles. The Kier molecular flexibility index (Phi) is 4.33. The van der Waals surface area contributed by atoms with E-state index in [-0.39, 0.29) is 12.3 Å². The molecule has 1 amide bonds. The molecule has 1 heterocycles. The van der Waals surface area contributed by atoms with Crippen LogP contribution in [0.25, 0.3) is 11.0 Å². The Morgan fingerprint density at radius 3 is 2.86 bits per heavy atom. The summed E-state index contributed by atoms with van der Waals surface area (Å²) in [6.07, 6.45) is 1.89. The number of fused-ring (bicyclic) bond motifs is 1. The summed E-state index contributed by atoms with van der Waals surface area (Å²) in [4.78, 5) is 12.2. The van der Waals surface area contributed by atoms with Crippen LogP contribution in [0.2, 0.25) is 0 Å². The second kappa shape index (κ2) is 6.39. The van der Waals surface area contributed by atoms with Crippen molar-refractivity contribution in [2.45, 2.75) is 6.42 Å². The van der Waals surface area contributed by atoms with Crippen molar-refractivity contribution >= 4 is 45.2 Å². The van der Waals surface area contributed by atoms with Crippen molar-refractivity contribution in [2.24, 2.45) is 0 Å². The molecule has 0 radical (unpaired) electrons. The predicted molar refractivity (Wildman–Crippen MR) is 94.3 cm³/mol. The van der Waals surface area contributed by atoms with Crippen LogP contribution in [0.1, 0.15) is 5.56 Å². The molecular weight excluding hydrogens is 393 g/mol. The van der Waals surface area contributed by atoms with Crippen LogP contribution in [-0.4, -0.2) is 13.0 Å². The number of anilines is 1. The fraction of sp³-hybridized carbons (Fsp3) is 0.118. The van der Waals surface area contributed by atoms with Crippen LogP contribution >= 0.6 is 22.6 Å². The summed E-state index contributed by atoms with van der Waals surface area (Å²) < 4.78 is 11.7. The molecule has 0 atom stereocenters. The molecule has 22 heavy (non-hydrogen) atoms. The van der Waals surface area contributed by atoms with E-state index in [0.717, 1.165) is 31.5 Å². The van der Waals surface area contributed by atoms with Gasteiger partial charge in [0.05, 0.1) is 25.5 Å². The first-order chi connectivity index (χ1) is 10.7. The van der Waals surface area contributed by atoms with Crippen molar-refractivity contribution in [3.63, 3.8) is 0 Å². The lowest BCUT2D eigenvalue weighted by atomic mass is 10.1. The Bertz CT molecular complexity index is 826. The average molecular weight is 407 g/mol. The number of rotatable bonds is 4. The second-order valence-electron chi connectivity index (χ2n) is 4.83. The third-order valence-electron chi connectivity index (χ3n) is 3.36. The minimum Gasteiger partial charge on any atom is -0.497 e. The minimum absolute atomic E-state index is 0.0670. The molecule has 112 valence electrons. The summed E-state index contributed by atoms with van der Waals surface area (Å²) in [6.45, 7) is 0. The van der Waals surface area contributed by atoms with E-state index in [1.165, 1.54) is 0 Å². The lowest BCUT2D eigenvalue weighted by Gasteiger charge is -2.06. The van der Waals surface area contributed by atoms with Crippen molar-refractivity contribution in [1.29, 1.82) is 0 Å². The molecule has 1 N–H and O–H groups in total. The maximum absolute atomic E-state index is 12.2. The van der Waals surface area contributed by atoms with E-state index < -0.39 is 0 Å². The quantitative estimate of drug-likeness (QED) is 0.659. The number of nitrogens with one attached hydrogen (secondary N) is 1. The highest BCUT2D eigenvalue weighted by atomic mass is 127. The summed E-state index contributed by atoms with van der Waals surface area (Å²) in [5, 5.41) is 3.85. The summed E-state index contributed by atoms with van der Waals surface area (Å²) in [5.74, 6) is 0.666. The van der Waals surface area contributed by atoms with Crippen LogP contribution in [0.5, 0.6) is 5.75 Å². The molecule has 0 saturated carbocycles. The highest BCUT2D eigenvalue weighted by molar-refractivity contribution is 14.1. The maximum Gasteiger partial charge on any atom is 0.228 e. The summed E-state index contributed by atoms with van der Waals surface area (Å²) in [5.41, 5.74) is 2.40. The van der Waals surface area contributed by atoms with Crippen LogP contribution in [0, 0.1) is 3.57 Å². The zero-order valence-electron chi connectivity index (χ0n) is 11.9. The second-order valence-corrected chi connectivity index (χ2v) is 5.99. The number of ether oxygens (including phenoxy) is 1. The number of hydrogen-bond donors (Lipinski definition) is 1. The van der Waals surface area contributed by atoms with E-state index in [0.29, 0.717) is 0 Å². The lowest BCUT2D eigenvalue weighted by Crippen LogP contribution is -2.14. The van der Waals surface area contributed by atoms with Gasteiger partial charge in [-0.3, -0.25) is 4.79 Å². The van der Waals surface area contributed by atoms with Crippen LogP contribution in [0.4, 0.5) is 5.69 Å². The summed E-state index contributed by atoms with van der Waals surface area (Å²) in [6, 6.07) is 13.3. The standard InChI is InChI=1S/C17H14INO3/c1-21-12-6-7-13-11(10-22-16(13)9-12)8-17(20)19-15-5-3-2-4-14(15)18/h2-7,9-10H,8H2,1H3,(H,19,20). The number of hydrogen-bond acceptors (Lipinski definition) is 3. The van der Waals surface area contributed by atoms with Gasteiger partial charge < -0.3 is 14.5 Å². The Hall–Kier alpha value is -2.02. The zero-order valence-corrected chi connectivity index (χ0v) is 14.1. The molecule has 0 fully saturated rings. The van der Waals surface area contributed by atoms with Gasteiger partial charge in [0, 0.05) is 20.6 Å². The largest absolute Gasteiger partial charge is 0.497 e. The van der Waals surface area contributed by atoms with Gasteiger partial charge in [-0.1, -0.05) is 12.1 Å². The monoisotopic (exact) mass is 407 g/mol. The predicted octanol–water partition coefficient (Wildman–Crippen LogP) is 4.23. The molecule has 3 rings (SSSR count). The molecule has 0 unspecified atom stereocenters. The lowest BCUT2D eigenvalue weighted by molar-refractivity contribution is -0.115. The van der Waals surface area contributed by atoms with E-state index in [1.807, 2.05) is 42.5 Å². The van der Waals surface area contributed by atoms with E-state index >= 15 is 0 Å². The molecule has 3 aromatic rings. The van der Waals surface area contributed by atoms with Crippen molar-refractivity contribution < 1.29 is 13.9 Å². The topological polar surface area (TPSA) is 51.5 Å². The molecule has 0 bridgehead atoms. The molecule has 1 aromatic heterocycles. The van der Waals surface area contributed by atoms with E-state index in [9.17, 15) is 4.79 Å². The van der Waals surface area contributed by atoms with Crippen molar-refractivity contribution in [3.05, 3.63) is 57.9 Å². The normalized spacial score (nSPS) is 10.6. The Morgan fingerprint density at radius 2 is 2.09 bits per heavy atom. The SMILES string of the molecule is COc1ccc2c(CC(=O)Nc3ccccc3I)coc2c1. The van der Waals surface area contributed by atoms with Gasteiger partial charge in [0.15, 0.2) is 0 Å². The number of carbonyl (C=O) groups excluding carboxylic acids is 1. The van der Waals surface area contributed by atoms with Gasteiger partial charge in [0.2, 0.25) is 5.91 Å². The molecule has 0 spiro atoms. The summed E-state index contributed by atoms with van der Waals surface area (Å²) >= 11 is 2.20. The number of amides is 1. The van der Waals surface area contributed by atoms with Crippen molar-refractivity contribution in [2.75, 3.05) is 12.4 Å². The number of benzene rings is 2. The number of furan rings is 1. The molecule has 2 aromatic carbocycles. The van der Waals surface area contributed by atoms with Crippen molar-refractivity contribution in [1.82, 2.24) is 0 Å². The first-order valence-electron chi connectivity index (χ1n) is 6.76. The smallest absolute Gasteiger partial charge is 0.228 e. The molecule has 0 aliphatic heterocycles. The zero-order chi connectivity index (χ0) is 15.5. The summed E-state index contributed by atoms with van der Waals surface area (Å²) in [7, 11) is 1.61. The van der Waals surface area contributed by atoms with Crippen molar-refractivity contribution in [3.8, 4) is 5.75 Å². The molecular formula is C17H14INO3. The average Bonchev–Trinajstić information content (AvgIpc) is 2.91. The number of methoxy groups -OCH3 is 1. The van der Waals surface area contributed by atoms with E-state index in [1.54, 1.807) is 13.4 Å². The van der Waals surface area contributed by atoms with Crippen LogP contribution in [0.15, 0.2) is 53.1 Å². The maximum atomic E-state index is 12.2. The first kappa shape index (κ1) is 14.9. The van der Waals surface area contributed by atoms with Gasteiger partial charge in [0.25, 0.3) is 0 Å². The van der Waals surface area contributed by atoms with Gasteiger partial charge in [-0.05, 0) is 46.9 Å². The van der Waals surface area contributed by atoms with Crippen LogP contribution in [-0.2, 0) is 11.2 Å². The fourth-order valence-corrected chi connectivity index (χ4v) is 2.78.